The molecule has 1 aliphatic heterocycles. The van der Waals surface area contributed by atoms with Crippen molar-refractivity contribution in [1.29, 1.82) is 0 Å². The molecule has 1 fully saturated rings. The van der Waals surface area contributed by atoms with Crippen LogP contribution in [0.4, 0.5) is 0 Å². The Morgan fingerprint density at radius 2 is 2.11 bits per heavy atom. The van der Waals surface area contributed by atoms with Crippen molar-refractivity contribution in [2.24, 2.45) is 0 Å². The molecule has 0 bridgehead atoms. The average molecular weight is 248 g/mol. The van der Waals surface area contributed by atoms with Gasteiger partial charge in [0.25, 0.3) is 0 Å². The van der Waals surface area contributed by atoms with Crippen LogP contribution in [0.2, 0.25) is 0 Å². The van der Waals surface area contributed by atoms with Gasteiger partial charge in [0.1, 0.15) is 5.75 Å². The lowest BCUT2D eigenvalue weighted by molar-refractivity contribution is 0.0918. The van der Waals surface area contributed by atoms with Crippen LogP contribution in [-0.2, 0) is 0 Å². The van der Waals surface area contributed by atoms with E-state index in [-0.39, 0.29) is 5.78 Å². The van der Waals surface area contributed by atoms with Gasteiger partial charge in [-0.1, -0.05) is 6.07 Å². The summed E-state index contributed by atoms with van der Waals surface area (Å²) >= 11 is 0. The fourth-order valence-electron chi connectivity index (χ4n) is 2.19. The molecule has 0 spiro atoms. The molecule has 2 rings (SSSR count). The van der Waals surface area contributed by atoms with Gasteiger partial charge in [-0.3, -0.25) is 9.69 Å². The maximum Gasteiger partial charge on any atom is 0.180 e. The highest BCUT2D eigenvalue weighted by molar-refractivity contribution is 6.00. The highest BCUT2D eigenvalue weighted by atomic mass is 16.5. The fourth-order valence-corrected chi connectivity index (χ4v) is 2.19. The Hall–Kier alpha value is -1.39. The zero-order valence-corrected chi connectivity index (χ0v) is 11.0. The van der Waals surface area contributed by atoms with E-state index in [0.717, 1.165) is 31.7 Å². The molecule has 1 saturated heterocycles. The third kappa shape index (κ3) is 3.09. The van der Waals surface area contributed by atoms with Crippen molar-refractivity contribution in [3.8, 4) is 5.75 Å². The lowest BCUT2D eigenvalue weighted by atomic mass is 10.1. The predicted molar refractivity (Wildman–Crippen MR) is 71.4 cm³/mol. The molecule has 0 radical (unpaired) electrons. The Kier molecular flexibility index (Phi) is 4.33. The number of aryl methyl sites for hydroxylation is 1. The van der Waals surface area contributed by atoms with E-state index in [4.69, 9.17) is 4.74 Å². The third-order valence-electron chi connectivity index (χ3n) is 3.23. The van der Waals surface area contributed by atoms with Crippen LogP contribution in [-0.4, -0.2) is 50.5 Å². The van der Waals surface area contributed by atoms with Crippen molar-refractivity contribution < 1.29 is 9.53 Å². The minimum atomic E-state index is 0.133. The molecule has 98 valence electrons. The molecule has 1 N–H and O–H groups in total. The molecule has 18 heavy (non-hydrogen) atoms. The largest absolute Gasteiger partial charge is 0.496 e. The molecule has 0 aliphatic carbocycles. The first kappa shape index (κ1) is 13.1. The number of ketones is 1. The monoisotopic (exact) mass is 248 g/mol. The van der Waals surface area contributed by atoms with Crippen molar-refractivity contribution in [1.82, 2.24) is 10.2 Å². The van der Waals surface area contributed by atoms with Crippen molar-refractivity contribution in [2.45, 2.75) is 6.92 Å². The van der Waals surface area contributed by atoms with Crippen molar-refractivity contribution >= 4 is 5.78 Å². The number of Topliss-reactive ketones (excluding diaryl/α,β-unsaturated/α-hetero) is 1. The van der Waals surface area contributed by atoms with E-state index in [1.807, 2.05) is 25.1 Å². The summed E-state index contributed by atoms with van der Waals surface area (Å²) < 4.78 is 5.28. The molecule has 4 nitrogen and oxygen atoms in total. The van der Waals surface area contributed by atoms with Crippen LogP contribution in [0.5, 0.6) is 5.75 Å². The lowest BCUT2D eigenvalue weighted by Crippen LogP contribution is -2.45. The second kappa shape index (κ2) is 5.98. The minimum absolute atomic E-state index is 0.133. The van der Waals surface area contributed by atoms with Crippen LogP contribution in [0, 0.1) is 6.92 Å². The summed E-state index contributed by atoms with van der Waals surface area (Å²) in [4.78, 5) is 14.4. The molecular formula is C14H20N2O2. The van der Waals surface area contributed by atoms with Gasteiger partial charge in [0.05, 0.1) is 19.2 Å². The number of benzene rings is 1. The number of hydrogen-bond donors (Lipinski definition) is 1. The van der Waals surface area contributed by atoms with E-state index in [0.29, 0.717) is 17.9 Å². The highest BCUT2D eigenvalue weighted by Gasteiger charge is 2.17. The van der Waals surface area contributed by atoms with E-state index in [9.17, 15) is 4.79 Å². The van der Waals surface area contributed by atoms with Gasteiger partial charge in [-0.25, -0.2) is 0 Å². The molecule has 1 aromatic rings. The fraction of sp³-hybridized carbons (Fsp3) is 0.500. The summed E-state index contributed by atoms with van der Waals surface area (Å²) in [6.45, 7) is 6.24. The van der Waals surface area contributed by atoms with Crippen LogP contribution in [0.15, 0.2) is 18.2 Å². The first-order valence-corrected chi connectivity index (χ1v) is 6.31. The SMILES string of the molecule is COc1cc(C)ccc1C(=O)CN1CCNCC1. The summed E-state index contributed by atoms with van der Waals surface area (Å²) in [5.74, 6) is 0.809. The van der Waals surface area contributed by atoms with Gasteiger partial charge in [-0.2, -0.15) is 0 Å². The quantitative estimate of drug-likeness (QED) is 0.810. The number of rotatable bonds is 4. The molecule has 0 aromatic heterocycles. The predicted octanol–water partition coefficient (Wildman–Crippen LogP) is 1.09. The Labute approximate surface area is 108 Å². The number of nitrogens with zero attached hydrogens (tertiary/aromatic N) is 1. The van der Waals surface area contributed by atoms with E-state index < -0.39 is 0 Å². The zero-order valence-electron chi connectivity index (χ0n) is 11.0. The standard InChI is InChI=1S/C14H20N2O2/c1-11-3-4-12(14(9-11)18-2)13(17)10-16-7-5-15-6-8-16/h3-4,9,15H,5-8,10H2,1-2H3. The number of piperazine rings is 1. The summed E-state index contributed by atoms with van der Waals surface area (Å²) in [6.07, 6.45) is 0. The topological polar surface area (TPSA) is 41.6 Å². The highest BCUT2D eigenvalue weighted by Crippen LogP contribution is 2.20. The number of carbonyl (C=O) groups is 1. The molecule has 1 heterocycles. The summed E-state index contributed by atoms with van der Waals surface area (Å²) in [5, 5.41) is 3.28. The van der Waals surface area contributed by atoms with Gasteiger partial charge in [0, 0.05) is 26.2 Å². The third-order valence-corrected chi connectivity index (χ3v) is 3.23. The number of ether oxygens (including phenoxy) is 1. The number of methoxy groups -OCH3 is 1. The first-order valence-electron chi connectivity index (χ1n) is 6.31. The molecule has 1 aliphatic rings. The number of nitrogens with one attached hydrogen (secondary N) is 1. The molecular weight excluding hydrogens is 228 g/mol. The summed E-state index contributed by atoms with van der Waals surface area (Å²) in [5.41, 5.74) is 1.78. The van der Waals surface area contributed by atoms with Gasteiger partial charge in [-0.05, 0) is 24.6 Å². The lowest BCUT2D eigenvalue weighted by Gasteiger charge is -2.26. The van der Waals surface area contributed by atoms with Gasteiger partial charge in [0.15, 0.2) is 5.78 Å². The molecule has 0 unspecified atom stereocenters. The molecule has 0 saturated carbocycles. The molecule has 4 heteroatoms. The first-order chi connectivity index (χ1) is 8.70. The van der Waals surface area contributed by atoms with E-state index in [1.165, 1.54) is 0 Å². The number of carbonyl (C=O) groups excluding carboxylic acids is 1. The van der Waals surface area contributed by atoms with Gasteiger partial charge in [-0.15, -0.1) is 0 Å². The van der Waals surface area contributed by atoms with Crippen LogP contribution >= 0.6 is 0 Å². The Morgan fingerprint density at radius 3 is 2.78 bits per heavy atom. The van der Waals surface area contributed by atoms with E-state index in [2.05, 4.69) is 10.2 Å². The number of hydrogen-bond acceptors (Lipinski definition) is 4. The van der Waals surface area contributed by atoms with Crippen LogP contribution < -0.4 is 10.1 Å². The summed E-state index contributed by atoms with van der Waals surface area (Å²) in [6, 6.07) is 5.72. The Bertz CT molecular complexity index is 426. The van der Waals surface area contributed by atoms with Crippen molar-refractivity contribution in [3.63, 3.8) is 0 Å². The molecule has 0 amide bonds. The minimum Gasteiger partial charge on any atom is -0.496 e. The van der Waals surface area contributed by atoms with Crippen LogP contribution in [0.1, 0.15) is 15.9 Å². The Morgan fingerprint density at radius 1 is 1.39 bits per heavy atom. The maximum absolute atomic E-state index is 12.3. The van der Waals surface area contributed by atoms with Gasteiger partial charge in [0.2, 0.25) is 0 Å². The smallest absolute Gasteiger partial charge is 0.180 e. The molecule has 0 atom stereocenters. The normalized spacial score (nSPS) is 16.6. The van der Waals surface area contributed by atoms with E-state index in [1.54, 1.807) is 7.11 Å². The van der Waals surface area contributed by atoms with E-state index >= 15 is 0 Å². The maximum atomic E-state index is 12.3. The summed E-state index contributed by atoms with van der Waals surface area (Å²) in [7, 11) is 1.61. The van der Waals surface area contributed by atoms with Crippen LogP contribution in [0.25, 0.3) is 0 Å². The second-order valence-corrected chi connectivity index (χ2v) is 4.65. The van der Waals surface area contributed by atoms with Gasteiger partial charge < -0.3 is 10.1 Å². The zero-order chi connectivity index (χ0) is 13.0. The average Bonchev–Trinajstić information content (AvgIpc) is 2.39. The van der Waals surface area contributed by atoms with Crippen molar-refractivity contribution in [3.05, 3.63) is 29.3 Å². The second-order valence-electron chi connectivity index (χ2n) is 4.65. The molecule has 1 aromatic carbocycles. The van der Waals surface area contributed by atoms with Crippen molar-refractivity contribution in [2.75, 3.05) is 39.8 Å². The van der Waals surface area contributed by atoms with Crippen LogP contribution in [0.3, 0.4) is 0 Å². The Balaban J connectivity index is 2.08. The van der Waals surface area contributed by atoms with Gasteiger partial charge >= 0.3 is 0 Å².